The summed E-state index contributed by atoms with van der Waals surface area (Å²) in [5.74, 6) is -0.137. The fourth-order valence-corrected chi connectivity index (χ4v) is 2.06. The Morgan fingerprint density at radius 3 is 2.90 bits per heavy atom. The molecule has 1 aromatic heterocycles. The van der Waals surface area contributed by atoms with Gasteiger partial charge in [-0.3, -0.25) is 4.79 Å². The van der Waals surface area contributed by atoms with Crippen LogP contribution in [0.4, 0.5) is 0 Å². The molecule has 2 aromatic rings. The Morgan fingerprint density at radius 1 is 1.60 bits per heavy atom. The zero-order valence-electron chi connectivity index (χ0n) is 10.9. The van der Waals surface area contributed by atoms with E-state index in [0.29, 0.717) is 29.0 Å². The number of primary amides is 1. The number of nitriles is 1. The molecule has 0 fully saturated rings. The van der Waals surface area contributed by atoms with Crippen molar-refractivity contribution in [1.82, 2.24) is 9.55 Å². The summed E-state index contributed by atoms with van der Waals surface area (Å²) in [5.41, 5.74) is 7.51. The molecule has 3 N–H and O–H groups in total. The van der Waals surface area contributed by atoms with Crippen molar-refractivity contribution < 1.29 is 4.79 Å². The number of carbonyl (C=O) groups excluding carboxylic acids is 1. The first-order valence-electron chi connectivity index (χ1n) is 6.03. The Bertz CT molecular complexity index is 764. The van der Waals surface area contributed by atoms with Crippen LogP contribution in [0.1, 0.15) is 18.3 Å². The van der Waals surface area contributed by atoms with E-state index in [9.17, 15) is 4.79 Å². The van der Waals surface area contributed by atoms with E-state index in [0.717, 1.165) is 11.7 Å². The fraction of sp³-hybridized carbons (Fsp3) is 0.143. The van der Waals surface area contributed by atoms with Gasteiger partial charge in [0, 0.05) is 24.4 Å². The van der Waals surface area contributed by atoms with Crippen LogP contribution >= 0.6 is 0 Å². The van der Waals surface area contributed by atoms with E-state index >= 15 is 0 Å². The van der Waals surface area contributed by atoms with Gasteiger partial charge in [-0.2, -0.15) is 5.26 Å². The lowest BCUT2D eigenvalue weighted by molar-refractivity contribution is -0.113. The molecule has 6 heteroatoms. The van der Waals surface area contributed by atoms with Gasteiger partial charge in [0.25, 0.3) is 0 Å². The third kappa shape index (κ3) is 2.29. The summed E-state index contributed by atoms with van der Waals surface area (Å²) in [6, 6.07) is 7.24. The molecule has 0 aliphatic rings. The highest BCUT2D eigenvalue weighted by Gasteiger charge is 2.13. The summed E-state index contributed by atoms with van der Waals surface area (Å²) in [6.45, 7) is 2.53. The number of rotatable bonds is 4. The number of hydrogen-bond acceptors (Lipinski definition) is 4. The zero-order valence-corrected chi connectivity index (χ0v) is 10.9. The van der Waals surface area contributed by atoms with Crippen LogP contribution in [0.5, 0.6) is 0 Å². The van der Waals surface area contributed by atoms with E-state index in [2.05, 4.69) is 11.1 Å². The molecule has 0 aliphatic carbocycles. The molecule has 0 spiro atoms. The first-order valence-corrected chi connectivity index (χ1v) is 6.03. The van der Waals surface area contributed by atoms with Crippen molar-refractivity contribution in [3.8, 4) is 6.07 Å². The molecule has 1 heterocycles. The Labute approximate surface area is 115 Å². The third-order valence-corrected chi connectivity index (χ3v) is 2.91. The molecule has 0 unspecified atom stereocenters. The number of allylic oxidation sites excluding steroid dienone is 1. The van der Waals surface area contributed by atoms with Crippen LogP contribution < -0.4 is 5.73 Å². The molecule has 6 nitrogen and oxygen atoms in total. The third-order valence-electron chi connectivity index (χ3n) is 2.91. The van der Waals surface area contributed by atoms with Crippen LogP contribution in [0.2, 0.25) is 0 Å². The molecule has 0 saturated heterocycles. The second-order valence-corrected chi connectivity index (χ2v) is 4.14. The number of carbonyl (C=O) groups is 1. The topological polar surface area (TPSA) is 109 Å². The lowest BCUT2D eigenvalue weighted by atomic mass is 10.2. The Balaban J connectivity index is 2.74. The van der Waals surface area contributed by atoms with Gasteiger partial charge in [-0.05, 0) is 25.1 Å². The van der Waals surface area contributed by atoms with E-state index in [4.69, 9.17) is 16.4 Å². The number of nitrogens with one attached hydrogen (secondary N) is 1. The predicted octanol–water partition coefficient (Wildman–Crippen LogP) is 1.45. The van der Waals surface area contributed by atoms with Gasteiger partial charge in [0.2, 0.25) is 5.91 Å². The molecule has 2 rings (SSSR count). The van der Waals surface area contributed by atoms with Gasteiger partial charge in [-0.1, -0.05) is 0 Å². The van der Waals surface area contributed by atoms with Crippen molar-refractivity contribution in [2.24, 2.45) is 5.73 Å². The minimum absolute atomic E-state index is 0.342. The molecule has 0 aliphatic heterocycles. The van der Waals surface area contributed by atoms with Crippen LogP contribution in [0.15, 0.2) is 24.3 Å². The van der Waals surface area contributed by atoms with Gasteiger partial charge in [0.1, 0.15) is 5.82 Å². The van der Waals surface area contributed by atoms with Crippen LogP contribution in [-0.2, 0) is 11.3 Å². The van der Waals surface area contributed by atoms with Crippen molar-refractivity contribution in [1.29, 1.82) is 10.7 Å². The Morgan fingerprint density at radius 2 is 2.35 bits per heavy atom. The number of aryl methyl sites for hydroxylation is 1. The quantitative estimate of drug-likeness (QED) is 0.646. The summed E-state index contributed by atoms with van der Waals surface area (Å²) in [5, 5.41) is 16.4. The van der Waals surface area contributed by atoms with Crippen molar-refractivity contribution in [3.05, 3.63) is 35.7 Å². The van der Waals surface area contributed by atoms with Crippen molar-refractivity contribution in [3.63, 3.8) is 0 Å². The second-order valence-electron chi connectivity index (χ2n) is 4.14. The molecule has 20 heavy (non-hydrogen) atoms. The number of amides is 1. The minimum atomic E-state index is -0.629. The van der Waals surface area contributed by atoms with Gasteiger partial charge in [-0.15, -0.1) is 0 Å². The fourth-order valence-electron chi connectivity index (χ4n) is 2.06. The van der Waals surface area contributed by atoms with Crippen LogP contribution in [-0.4, -0.2) is 21.7 Å². The monoisotopic (exact) mass is 267 g/mol. The van der Waals surface area contributed by atoms with Crippen molar-refractivity contribution >= 4 is 28.7 Å². The number of hydrogen-bond donors (Lipinski definition) is 2. The van der Waals surface area contributed by atoms with E-state index in [1.807, 2.05) is 11.5 Å². The minimum Gasteiger partial charge on any atom is -0.366 e. The molecule has 0 radical (unpaired) electrons. The largest absolute Gasteiger partial charge is 0.366 e. The van der Waals surface area contributed by atoms with Gasteiger partial charge in [0.05, 0.1) is 22.7 Å². The summed E-state index contributed by atoms with van der Waals surface area (Å²) in [7, 11) is 0. The summed E-state index contributed by atoms with van der Waals surface area (Å²) in [4.78, 5) is 15.4. The lowest BCUT2D eigenvalue weighted by Crippen LogP contribution is -2.09. The van der Waals surface area contributed by atoms with Crippen LogP contribution in [0.3, 0.4) is 0 Å². The van der Waals surface area contributed by atoms with Crippen molar-refractivity contribution in [2.75, 3.05) is 0 Å². The maximum absolute atomic E-state index is 11.0. The summed E-state index contributed by atoms with van der Waals surface area (Å²) in [6.07, 6.45) is 2.22. The second kappa shape index (κ2) is 5.36. The average Bonchev–Trinajstić information content (AvgIpc) is 2.81. The van der Waals surface area contributed by atoms with E-state index in [-0.39, 0.29) is 0 Å². The van der Waals surface area contributed by atoms with E-state index in [1.165, 1.54) is 6.08 Å². The smallest absolute Gasteiger partial charge is 0.242 e. The van der Waals surface area contributed by atoms with E-state index < -0.39 is 5.91 Å². The maximum atomic E-state index is 11.0. The van der Waals surface area contributed by atoms with Gasteiger partial charge in [-0.25, -0.2) is 4.98 Å². The molecule has 0 bridgehead atoms. The first kappa shape index (κ1) is 13.5. The molecular formula is C14H13N5O. The SMILES string of the molecule is CCn1c(/C(C=N)=C/C(N)=O)nc2ccc(C#N)cc21. The molecular weight excluding hydrogens is 254 g/mol. The molecule has 0 saturated carbocycles. The highest BCUT2D eigenvalue weighted by molar-refractivity contribution is 6.14. The first-order chi connectivity index (χ1) is 9.60. The molecule has 100 valence electrons. The highest BCUT2D eigenvalue weighted by Crippen LogP contribution is 2.22. The summed E-state index contributed by atoms with van der Waals surface area (Å²) >= 11 is 0. The Hall–Kier alpha value is -2.94. The van der Waals surface area contributed by atoms with Gasteiger partial charge < -0.3 is 15.7 Å². The van der Waals surface area contributed by atoms with E-state index in [1.54, 1.807) is 18.2 Å². The molecule has 1 aromatic carbocycles. The van der Waals surface area contributed by atoms with Crippen LogP contribution in [0, 0.1) is 16.7 Å². The normalized spacial score (nSPS) is 11.3. The molecule has 0 atom stereocenters. The highest BCUT2D eigenvalue weighted by atomic mass is 16.1. The number of nitrogens with zero attached hydrogens (tertiary/aromatic N) is 3. The number of benzene rings is 1. The number of imidazole rings is 1. The average molecular weight is 267 g/mol. The standard InChI is InChI=1S/C14H13N5O/c1-2-19-12-5-9(7-15)3-4-11(12)18-14(19)10(8-16)6-13(17)20/h3-6,8,16H,2H2,1H3,(H2,17,20)/b10-6+,16-8?. The number of aromatic nitrogens is 2. The van der Waals surface area contributed by atoms with Crippen LogP contribution in [0.25, 0.3) is 16.6 Å². The number of nitrogens with two attached hydrogens (primary N) is 1. The van der Waals surface area contributed by atoms with Gasteiger partial charge >= 0.3 is 0 Å². The predicted molar refractivity (Wildman–Crippen MR) is 76.1 cm³/mol. The lowest BCUT2D eigenvalue weighted by Gasteiger charge is -2.05. The maximum Gasteiger partial charge on any atom is 0.242 e. The summed E-state index contributed by atoms with van der Waals surface area (Å²) < 4.78 is 1.84. The Kier molecular flexibility index (Phi) is 3.62. The van der Waals surface area contributed by atoms with Gasteiger partial charge in [0.15, 0.2) is 0 Å². The van der Waals surface area contributed by atoms with Crippen molar-refractivity contribution in [2.45, 2.75) is 13.5 Å². The number of fused-ring (bicyclic) bond motifs is 1. The zero-order chi connectivity index (χ0) is 14.7. The molecule has 1 amide bonds.